The number of isocyanates is 1. The van der Waals surface area contributed by atoms with E-state index in [4.69, 9.17) is 0 Å². The van der Waals surface area contributed by atoms with Gasteiger partial charge >= 0.3 is 0 Å². The number of aryl methyl sites for hydroxylation is 1. The third kappa shape index (κ3) is 3.64. The van der Waals surface area contributed by atoms with Crippen molar-refractivity contribution in [1.82, 2.24) is 0 Å². The zero-order chi connectivity index (χ0) is 13.5. The number of rotatable bonds is 5. The molecule has 96 valence electrons. The molecule has 0 saturated carbocycles. The fraction of sp³-hybridized carbons (Fsp3) is 0.235. The summed E-state index contributed by atoms with van der Waals surface area (Å²) in [4.78, 5) is 14.5. The lowest BCUT2D eigenvalue weighted by Crippen LogP contribution is -2.00. The zero-order valence-electron chi connectivity index (χ0n) is 11.0. The maximum absolute atomic E-state index is 10.6. The van der Waals surface area contributed by atoms with Crippen molar-refractivity contribution in [2.45, 2.75) is 25.8 Å². The summed E-state index contributed by atoms with van der Waals surface area (Å²) in [7, 11) is 0. The van der Waals surface area contributed by atoms with Crippen molar-refractivity contribution in [3.8, 4) is 0 Å². The molecule has 2 aromatic carbocycles. The van der Waals surface area contributed by atoms with Crippen LogP contribution in [0.1, 0.15) is 29.7 Å². The molecule has 1 atom stereocenters. The Kier molecular flexibility index (Phi) is 4.66. The maximum Gasteiger partial charge on any atom is 0.235 e. The van der Waals surface area contributed by atoms with Gasteiger partial charge in [0.15, 0.2) is 0 Å². The summed E-state index contributed by atoms with van der Waals surface area (Å²) in [6.07, 6.45) is 3.45. The minimum absolute atomic E-state index is 0.147. The van der Waals surface area contributed by atoms with Gasteiger partial charge in [0.25, 0.3) is 0 Å². The Morgan fingerprint density at radius 3 is 2.21 bits per heavy atom. The zero-order valence-corrected chi connectivity index (χ0v) is 11.0. The maximum atomic E-state index is 10.6. The molecule has 2 heteroatoms. The van der Waals surface area contributed by atoms with Crippen LogP contribution in [0.15, 0.2) is 59.6 Å². The average Bonchev–Trinajstić information content (AvgIpc) is 2.48. The molecule has 0 amide bonds. The summed E-state index contributed by atoms with van der Waals surface area (Å²) in [5.41, 5.74) is 3.55. The van der Waals surface area contributed by atoms with Crippen molar-refractivity contribution in [2.75, 3.05) is 0 Å². The molecule has 19 heavy (non-hydrogen) atoms. The van der Waals surface area contributed by atoms with Gasteiger partial charge in [-0.2, -0.15) is 4.99 Å². The van der Waals surface area contributed by atoms with Gasteiger partial charge in [0, 0.05) is 0 Å². The second kappa shape index (κ2) is 6.67. The van der Waals surface area contributed by atoms with Crippen molar-refractivity contribution >= 4 is 6.08 Å². The summed E-state index contributed by atoms with van der Waals surface area (Å²) < 4.78 is 0. The van der Waals surface area contributed by atoms with Gasteiger partial charge in [-0.15, -0.1) is 0 Å². The Morgan fingerprint density at radius 2 is 1.63 bits per heavy atom. The smallest absolute Gasteiger partial charge is 0.211 e. The molecule has 2 aromatic rings. The first-order valence-corrected chi connectivity index (χ1v) is 6.53. The summed E-state index contributed by atoms with van der Waals surface area (Å²) in [6, 6.07) is 18.2. The molecule has 0 bridgehead atoms. The van der Waals surface area contributed by atoms with Gasteiger partial charge in [-0.1, -0.05) is 61.5 Å². The number of aliphatic imine (C=N–C) groups is 1. The van der Waals surface area contributed by atoms with E-state index in [2.05, 4.69) is 36.2 Å². The first-order chi connectivity index (χ1) is 9.33. The summed E-state index contributed by atoms with van der Waals surface area (Å²) in [5.74, 6) is 0. The number of benzene rings is 2. The van der Waals surface area contributed by atoms with Crippen molar-refractivity contribution in [3.63, 3.8) is 0 Å². The highest BCUT2D eigenvalue weighted by Crippen LogP contribution is 2.22. The highest BCUT2D eigenvalue weighted by Gasteiger charge is 2.10. The van der Waals surface area contributed by atoms with Crippen LogP contribution in [0.2, 0.25) is 0 Å². The van der Waals surface area contributed by atoms with E-state index in [1.54, 1.807) is 6.08 Å². The SMILES string of the molecule is CCc1ccc(CC(N=C=O)c2ccccc2)cc1. The van der Waals surface area contributed by atoms with Crippen molar-refractivity contribution < 1.29 is 4.79 Å². The van der Waals surface area contributed by atoms with Gasteiger partial charge in [0.05, 0.1) is 6.04 Å². The van der Waals surface area contributed by atoms with Crippen LogP contribution in [0, 0.1) is 0 Å². The largest absolute Gasteiger partial charge is 0.235 e. The third-order valence-corrected chi connectivity index (χ3v) is 3.25. The molecular weight excluding hydrogens is 234 g/mol. The van der Waals surface area contributed by atoms with Crippen LogP contribution in [0.25, 0.3) is 0 Å². The second-order valence-corrected chi connectivity index (χ2v) is 4.52. The molecule has 0 aliphatic carbocycles. The normalized spacial score (nSPS) is 11.6. The van der Waals surface area contributed by atoms with Gasteiger partial charge in [-0.3, -0.25) is 0 Å². The highest BCUT2D eigenvalue weighted by atomic mass is 16.1. The fourth-order valence-electron chi connectivity index (χ4n) is 2.11. The molecule has 1 unspecified atom stereocenters. The van der Waals surface area contributed by atoms with E-state index >= 15 is 0 Å². The molecule has 0 aromatic heterocycles. The van der Waals surface area contributed by atoms with Crippen molar-refractivity contribution in [2.24, 2.45) is 4.99 Å². The lowest BCUT2D eigenvalue weighted by atomic mass is 9.98. The monoisotopic (exact) mass is 251 g/mol. The minimum Gasteiger partial charge on any atom is -0.211 e. The van der Waals surface area contributed by atoms with Crippen molar-refractivity contribution in [1.29, 1.82) is 0 Å². The van der Waals surface area contributed by atoms with Gasteiger partial charge in [-0.25, -0.2) is 4.79 Å². The molecule has 0 aliphatic heterocycles. The fourth-order valence-corrected chi connectivity index (χ4v) is 2.11. The molecule has 2 rings (SSSR count). The van der Waals surface area contributed by atoms with Gasteiger partial charge < -0.3 is 0 Å². The van der Waals surface area contributed by atoms with Crippen molar-refractivity contribution in [3.05, 3.63) is 71.3 Å². The van der Waals surface area contributed by atoms with E-state index in [0.29, 0.717) is 0 Å². The molecule has 0 fully saturated rings. The van der Waals surface area contributed by atoms with Gasteiger partial charge in [-0.05, 0) is 29.5 Å². The Balaban J connectivity index is 2.19. The van der Waals surface area contributed by atoms with Crippen LogP contribution < -0.4 is 0 Å². The Hall–Kier alpha value is -2.18. The summed E-state index contributed by atoms with van der Waals surface area (Å²) >= 11 is 0. The third-order valence-electron chi connectivity index (χ3n) is 3.25. The first-order valence-electron chi connectivity index (χ1n) is 6.53. The molecule has 0 spiro atoms. The van der Waals surface area contributed by atoms with Crippen LogP contribution >= 0.6 is 0 Å². The molecule has 0 radical (unpaired) electrons. The number of nitrogens with zero attached hydrogens (tertiary/aromatic N) is 1. The van der Waals surface area contributed by atoms with E-state index in [1.807, 2.05) is 30.3 Å². The standard InChI is InChI=1S/C17H17NO/c1-2-14-8-10-15(11-9-14)12-17(18-13-19)16-6-4-3-5-7-16/h3-11,17H,2,12H2,1H3. The van der Waals surface area contributed by atoms with Gasteiger partial charge in [0.1, 0.15) is 0 Å². The molecule has 0 aliphatic rings. The first kappa shape index (κ1) is 13.3. The summed E-state index contributed by atoms with van der Waals surface area (Å²) in [5, 5.41) is 0. The topological polar surface area (TPSA) is 29.4 Å². The summed E-state index contributed by atoms with van der Waals surface area (Å²) in [6.45, 7) is 2.14. The van der Waals surface area contributed by atoms with Crippen LogP contribution in [-0.2, 0) is 17.6 Å². The molecule has 0 saturated heterocycles. The highest BCUT2D eigenvalue weighted by molar-refractivity contribution is 5.36. The van der Waals surface area contributed by atoms with Crippen LogP contribution in [0.5, 0.6) is 0 Å². The van der Waals surface area contributed by atoms with E-state index < -0.39 is 0 Å². The van der Waals surface area contributed by atoms with Gasteiger partial charge in [0.2, 0.25) is 6.08 Å². The molecular formula is C17H17NO. The predicted molar refractivity (Wildman–Crippen MR) is 76.8 cm³/mol. The minimum atomic E-state index is -0.147. The second-order valence-electron chi connectivity index (χ2n) is 4.52. The van der Waals surface area contributed by atoms with E-state index in [9.17, 15) is 4.79 Å². The quantitative estimate of drug-likeness (QED) is 0.586. The number of hydrogen-bond donors (Lipinski definition) is 0. The Bertz CT molecular complexity index is 554. The lowest BCUT2D eigenvalue weighted by molar-refractivity contribution is 0.557. The molecule has 2 nitrogen and oxygen atoms in total. The lowest BCUT2D eigenvalue weighted by Gasteiger charge is -2.11. The van der Waals surface area contributed by atoms with Crippen LogP contribution in [-0.4, -0.2) is 6.08 Å². The number of hydrogen-bond acceptors (Lipinski definition) is 2. The Morgan fingerprint density at radius 1 is 1.00 bits per heavy atom. The van der Waals surface area contributed by atoms with E-state index in [-0.39, 0.29) is 6.04 Å². The number of carbonyl (C=O) groups excluding carboxylic acids is 1. The van der Waals surface area contributed by atoms with Crippen LogP contribution in [0.3, 0.4) is 0 Å². The van der Waals surface area contributed by atoms with E-state index in [1.165, 1.54) is 11.1 Å². The van der Waals surface area contributed by atoms with E-state index in [0.717, 1.165) is 18.4 Å². The average molecular weight is 251 g/mol. The van der Waals surface area contributed by atoms with Crippen LogP contribution in [0.4, 0.5) is 0 Å². The molecule has 0 N–H and O–H groups in total. The predicted octanol–water partition coefficient (Wildman–Crippen LogP) is 3.87. The molecule has 0 heterocycles. The Labute approximate surface area is 113 Å².